The van der Waals surface area contributed by atoms with Gasteiger partial charge in [-0.1, -0.05) is 0 Å². The largest absolute Gasteiger partial charge is 0.471 e. The van der Waals surface area contributed by atoms with Gasteiger partial charge >= 0.3 is 0 Å². The molecule has 2 aliphatic rings. The summed E-state index contributed by atoms with van der Waals surface area (Å²) >= 11 is 0. The van der Waals surface area contributed by atoms with Gasteiger partial charge in [0.2, 0.25) is 5.88 Å². The zero-order valence-electron chi connectivity index (χ0n) is 14.6. The van der Waals surface area contributed by atoms with Crippen molar-refractivity contribution in [2.45, 2.75) is 12.5 Å². The summed E-state index contributed by atoms with van der Waals surface area (Å²) in [5.74, 6) is 0.547. The molecule has 1 aromatic carbocycles. The van der Waals surface area contributed by atoms with Crippen LogP contribution in [0.15, 0.2) is 42.9 Å². The molecule has 0 aliphatic carbocycles. The third kappa shape index (κ3) is 3.77. The molecule has 2 saturated heterocycles. The van der Waals surface area contributed by atoms with E-state index in [9.17, 15) is 4.79 Å². The van der Waals surface area contributed by atoms with Gasteiger partial charge in [0.25, 0.3) is 5.91 Å². The topological polar surface area (TPSA) is 67.8 Å². The molecule has 7 nitrogen and oxygen atoms in total. The second kappa shape index (κ2) is 7.70. The van der Waals surface area contributed by atoms with E-state index in [1.807, 2.05) is 29.2 Å². The summed E-state index contributed by atoms with van der Waals surface area (Å²) in [5.41, 5.74) is 1.84. The van der Waals surface area contributed by atoms with Gasteiger partial charge in [-0.05, 0) is 24.3 Å². The van der Waals surface area contributed by atoms with Gasteiger partial charge in [-0.25, -0.2) is 4.98 Å². The lowest BCUT2D eigenvalue weighted by Gasteiger charge is -2.29. The van der Waals surface area contributed by atoms with Crippen molar-refractivity contribution in [2.75, 3.05) is 44.3 Å². The predicted octanol–water partition coefficient (Wildman–Crippen LogP) is 1.61. The van der Waals surface area contributed by atoms with E-state index in [4.69, 9.17) is 9.47 Å². The molecule has 0 saturated carbocycles. The van der Waals surface area contributed by atoms with Crippen LogP contribution in [0.5, 0.6) is 5.88 Å². The van der Waals surface area contributed by atoms with Crippen molar-refractivity contribution in [1.29, 1.82) is 0 Å². The van der Waals surface area contributed by atoms with Crippen molar-refractivity contribution in [1.82, 2.24) is 14.9 Å². The number of ether oxygens (including phenoxy) is 2. The number of carbonyl (C=O) groups is 1. The molecule has 0 bridgehead atoms. The zero-order chi connectivity index (χ0) is 17.8. The third-order valence-corrected chi connectivity index (χ3v) is 4.75. The molecule has 136 valence electrons. The predicted molar refractivity (Wildman–Crippen MR) is 96.4 cm³/mol. The molecule has 2 fully saturated rings. The number of nitrogens with zero attached hydrogens (tertiary/aromatic N) is 4. The van der Waals surface area contributed by atoms with Crippen LogP contribution in [0.1, 0.15) is 16.8 Å². The molecule has 0 spiro atoms. The molecule has 0 radical (unpaired) electrons. The maximum atomic E-state index is 12.7. The number of hydrogen-bond acceptors (Lipinski definition) is 6. The molecule has 7 heteroatoms. The van der Waals surface area contributed by atoms with Crippen LogP contribution in [0, 0.1) is 0 Å². The van der Waals surface area contributed by atoms with E-state index in [-0.39, 0.29) is 12.0 Å². The van der Waals surface area contributed by atoms with E-state index < -0.39 is 0 Å². The fourth-order valence-electron chi connectivity index (χ4n) is 3.34. The van der Waals surface area contributed by atoms with Crippen molar-refractivity contribution < 1.29 is 14.3 Å². The highest BCUT2D eigenvalue weighted by atomic mass is 16.5. The summed E-state index contributed by atoms with van der Waals surface area (Å²) in [7, 11) is 0. The standard InChI is InChI=1S/C19H22N4O3/c24-19(15-1-3-16(4-2-15)22-9-11-25-12-10-22)23-8-5-17(14-23)26-18-13-20-6-7-21-18/h1-4,6-7,13,17H,5,8-12,14H2. The third-order valence-electron chi connectivity index (χ3n) is 4.75. The smallest absolute Gasteiger partial charge is 0.253 e. The lowest BCUT2D eigenvalue weighted by Crippen LogP contribution is -2.36. The van der Waals surface area contributed by atoms with E-state index in [0.29, 0.717) is 24.5 Å². The monoisotopic (exact) mass is 354 g/mol. The Kier molecular flexibility index (Phi) is 4.97. The second-order valence-electron chi connectivity index (χ2n) is 6.47. The summed E-state index contributed by atoms with van der Waals surface area (Å²) in [6.45, 7) is 4.54. The van der Waals surface area contributed by atoms with E-state index in [2.05, 4.69) is 14.9 Å². The summed E-state index contributed by atoms with van der Waals surface area (Å²) in [6, 6.07) is 7.85. The van der Waals surface area contributed by atoms with Crippen LogP contribution < -0.4 is 9.64 Å². The lowest BCUT2D eigenvalue weighted by molar-refractivity contribution is 0.0771. The number of benzene rings is 1. The van der Waals surface area contributed by atoms with E-state index in [1.165, 1.54) is 0 Å². The first-order valence-electron chi connectivity index (χ1n) is 8.94. The highest BCUT2D eigenvalue weighted by Crippen LogP contribution is 2.21. The van der Waals surface area contributed by atoms with Crippen LogP contribution in [0.2, 0.25) is 0 Å². The van der Waals surface area contributed by atoms with Crippen LogP contribution in [0.4, 0.5) is 5.69 Å². The molecule has 3 heterocycles. The Balaban J connectivity index is 1.35. The van der Waals surface area contributed by atoms with Gasteiger partial charge in [0.1, 0.15) is 6.10 Å². The number of likely N-dealkylation sites (tertiary alicyclic amines) is 1. The first kappa shape index (κ1) is 16.8. The highest BCUT2D eigenvalue weighted by Gasteiger charge is 2.28. The van der Waals surface area contributed by atoms with Gasteiger partial charge in [-0.2, -0.15) is 0 Å². The number of hydrogen-bond donors (Lipinski definition) is 0. The highest BCUT2D eigenvalue weighted by molar-refractivity contribution is 5.94. The van der Waals surface area contributed by atoms with Crippen LogP contribution in [-0.2, 0) is 4.74 Å². The first-order valence-corrected chi connectivity index (χ1v) is 8.94. The molecule has 2 aromatic rings. The number of morpholine rings is 1. The SMILES string of the molecule is O=C(c1ccc(N2CCOCC2)cc1)N1CCC(Oc2cnccn2)C1. The minimum Gasteiger partial charge on any atom is -0.471 e. The molecule has 26 heavy (non-hydrogen) atoms. The number of carbonyl (C=O) groups excluding carboxylic acids is 1. The lowest BCUT2D eigenvalue weighted by atomic mass is 10.1. The zero-order valence-corrected chi connectivity index (χ0v) is 14.6. The van der Waals surface area contributed by atoms with Crippen molar-refractivity contribution in [3.8, 4) is 5.88 Å². The molecule has 2 aliphatic heterocycles. The fraction of sp³-hybridized carbons (Fsp3) is 0.421. The Morgan fingerprint density at radius 2 is 1.92 bits per heavy atom. The average Bonchev–Trinajstić information content (AvgIpc) is 3.17. The normalized spacial score (nSPS) is 20.2. The van der Waals surface area contributed by atoms with Crippen molar-refractivity contribution in [3.05, 3.63) is 48.4 Å². The second-order valence-corrected chi connectivity index (χ2v) is 6.47. The first-order chi connectivity index (χ1) is 12.8. The average molecular weight is 354 g/mol. The minimum atomic E-state index is -0.0386. The van der Waals surface area contributed by atoms with Crippen molar-refractivity contribution in [3.63, 3.8) is 0 Å². The summed E-state index contributed by atoms with van der Waals surface area (Å²) in [4.78, 5) is 25.0. The van der Waals surface area contributed by atoms with Gasteiger partial charge in [0.15, 0.2) is 0 Å². The van der Waals surface area contributed by atoms with Crippen LogP contribution in [0.25, 0.3) is 0 Å². The van der Waals surface area contributed by atoms with Gasteiger partial charge in [-0.15, -0.1) is 0 Å². The van der Waals surface area contributed by atoms with Gasteiger partial charge < -0.3 is 19.3 Å². The maximum absolute atomic E-state index is 12.7. The summed E-state index contributed by atoms with van der Waals surface area (Å²) < 4.78 is 11.2. The number of anilines is 1. The maximum Gasteiger partial charge on any atom is 0.253 e. The molecular formula is C19H22N4O3. The molecule has 4 rings (SSSR count). The van der Waals surface area contributed by atoms with Crippen molar-refractivity contribution in [2.24, 2.45) is 0 Å². The number of aromatic nitrogens is 2. The summed E-state index contributed by atoms with van der Waals surface area (Å²) in [5, 5.41) is 0. The summed E-state index contributed by atoms with van der Waals surface area (Å²) in [6.07, 6.45) is 5.56. The number of amides is 1. The Hall–Kier alpha value is -2.67. The Morgan fingerprint density at radius 3 is 2.65 bits per heavy atom. The van der Waals surface area contributed by atoms with Gasteiger partial charge in [-0.3, -0.25) is 9.78 Å². The molecule has 1 amide bonds. The molecular weight excluding hydrogens is 332 g/mol. The van der Waals surface area contributed by atoms with Crippen LogP contribution >= 0.6 is 0 Å². The molecule has 1 aromatic heterocycles. The Morgan fingerprint density at radius 1 is 1.12 bits per heavy atom. The van der Waals surface area contributed by atoms with Crippen molar-refractivity contribution >= 4 is 11.6 Å². The molecule has 1 atom stereocenters. The molecule has 0 N–H and O–H groups in total. The number of rotatable bonds is 4. The van der Waals surface area contributed by atoms with Gasteiger partial charge in [0, 0.05) is 49.7 Å². The van der Waals surface area contributed by atoms with E-state index in [0.717, 1.165) is 38.4 Å². The van der Waals surface area contributed by atoms with E-state index >= 15 is 0 Å². The molecule has 1 unspecified atom stereocenters. The Labute approximate surface area is 152 Å². The van der Waals surface area contributed by atoms with Crippen LogP contribution in [0.3, 0.4) is 0 Å². The quantitative estimate of drug-likeness (QED) is 0.831. The fourth-order valence-corrected chi connectivity index (χ4v) is 3.34. The van der Waals surface area contributed by atoms with Gasteiger partial charge in [0.05, 0.1) is 26.0 Å². The Bertz CT molecular complexity index is 732. The minimum absolute atomic E-state index is 0.0386. The van der Waals surface area contributed by atoms with E-state index in [1.54, 1.807) is 18.6 Å². The van der Waals surface area contributed by atoms with Crippen LogP contribution in [-0.4, -0.2) is 66.3 Å².